The van der Waals surface area contributed by atoms with Gasteiger partial charge in [0.1, 0.15) is 17.0 Å². The van der Waals surface area contributed by atoms with Crippen molar-refractivity contribution in [2.75, 3.05) is 38.1 Å². The monoisotopic (exact) mass is 509 g/mol. The van der Waals surface area contributed by atoms with Crippen LogP contribution in [0.2, 0.25) is 0 Å². The van der Waals surface area contributed by atoms with Crippen LogP contribution in [-0.2, 0) is 0 Å². The van der Waals surface area contributed by atoms with Crippen molar-refractivity contribution in [3.8, 4) is 28.5 Å². The van der Waals surface area contributed by atoms with Crippen molar-refractivity contribution in [3.63, 3.8) is 0 Å². The molecule has 6 heterocycles. The van der Waals surface area contributed by atoms with E-state index in [9.17, 15) is 0 Å². The molecule has 1 aliphatic heterocycles. The maximum atomic E-state index is 6.25. The number of imidazole rings is 1. The number of nitrogens with zero attached hydrogens (tertiary/aromatic N) is 7. The molecule has 2 aliphatic rings. The first-order valence-electron chi connectivity index (χ1n) is 13.4. The molecular formula is C28H31N9O. The first-order valence-corrected chi connectivity index (χ1v) is 13.4. The Morgan fingerprint density at radius 1 is 0.895 bits per heavy atom. The lowest BCUT2D eigenvalue weighted by Crippen LogP contribution is -2.44. The van der Waals surface area contributed by atoms with Crippen molar-refractivity contribution in [2.45, 2.75) is 38.2 Å². The number of rotatable bonds is 5. The standard InChI is InChI=1S/C28H31N9O/c1-36-7-9-37(10-8-36)25-17-30-15-24-27(25)33-28(32-24)26-21-12-22(31-16-23(21)34-35-26)18-11-20(14-29-13-18)38-19-5-3-2-4-6-19/h11-17,19H,2-10H2,1H3,(H,32,33)(H,34,35). The van der Waals surface area contributed by atoms with Crippen molar-refractivity contribution < 1.29 is 4.74 Å². The third-order valence-corrected chi connectivity index (χ3v) is 7.75. The molecule has 0 unspecified atom stereocenters. The number of hydrogen-bond donors (Lipinski definition) is 2. The minimum Gasteiger partial charge on any atom is -0.489 e. The highest BCUT2D eigenvalue weighted by atomic mass is 16.5. The van der Waals surface area contributed by atoms with E-state index in [-0.39, 0.29) is 6.10 Å². The van der Waals surface area contributed by atoms with Gasteiger partial charge in [0.05, 0.1) is 53.3 Å². The molecule has 10 heteroatoms. The van der Waals surface area contributed by atoms with Crippen molar-refractivity contribution in [2.24, 2.45) is 0 Å². The Morgan fingerprint density at radius 2 is 1.74 bits per heavy atom. The average Bonchev–Trinajstić information content (AvgIpc) is 3.58. The van der Waals surface area contributed by atoms with Crippen LogP contribution in [0.25, 0.3) is 44.7 Å². The topological polar surface area (TPSA) is 112 Å². The number of hydrogen-bond acceptors (Lipinski definition) is 8. The molecule has 0 aromatic carbocycles. The largest absolute Gasteiger partial charge is 0.489 e. The Balaban J connectivity index is 1.22. The molecule has 2 N–H and O–H groups in total. The predicted octanol–water partition coefficient (Wildman–Crippen LogP) is 4.42. The zero-order valence-electron chi connectivity index (χ0n) is 21.5. The van der Waals surface area contributed by atoms with Gasteiger partial charge in [-0.3, -0.25) is 20.1 Å². The number of pyridine rings is 3. The molecule has 194 valence electrons. The van der Waals surface area contributed by atoms with Crippen LogP contribution >= 0.6 is 0 Å². The molecule has 10 nitrogen and oxygen atoms in total. The van der Waals surface area contributed by atoms with Crippen LogP contribution in [0.4, 0.5) is 5.69 Å². The Labute approximate surface area is 220 Å². The zero-order valence-corrected chi connectivity index (χ0v) is 21.5. The molecule has 2 fully saturated rings. The van der Waals surface area contributed by atoms with Crippen LogP contribution in [0.5, 0.6) is 5.75 Å². The fraction of sp³-hybridized carbons (Fsp3) is 0.393. The first kappa shape index (κ1) is 23.1. The molecule has 1 saturated carbocycles. The minimum absolute atomic E-state index is 0.273. The molecule has 0 atom stereocenters. The van der Waals surface area contributed by atoms with Gasteiger partial charge in [0.25, 0.3) is 0 Å². The van der Waals surface area contributed by atoms with Crippen LogP contribution in [0, 0.1) is 0 Å². The summed E-state index contributed by atoms with van der Waals surface area (Å²) in [4.78, 5) is 26.7. The molecule has 5 aromatic heterocycles. The van der Waals surface area contributed by atoms with Gasteiger partial charge in [-0.25, -0.2) is 4.98 Å². The summed E-state index contributed by atoms with van der Waals surface area (Å²) >= 11 is 0. The van der Waals surface area contributed by atoms with E-state index in [2.05, 4.69) is 47.0 Å². The lowest BCUT2D eigenvalue weighted by atomic mass is 9.98. The molecule has 1 saturated heterocycles. The summed E-state index contributed by atoms with van der Waals surface area (Å²) in [7, 11) is 2.16. The molecule has 0 amide bonds. The second-order valence-corrected chi connectivity index (χ2v) is 10.4. The van der Waals surface area contributed by atoms with Crippen molar-refractivity contribution in [3.05, 3.63) is 43.1 Å². The van der Waals surface area contributed by atoms with E-state index in [1.165, 1.54) is 19.3 Å². The highest BCUT2D eigenvalue weighted by Crippen LogP contribution is 2.32. The van der Waals surface area contributed by atoms with Gasteiger partial charge in [0.15, 0.2) is 5.82 Å². The van der Waals surface area contributed by atoms with Crippen LogP contribution in [-0.4, -0.2) is 79.3 Å². The number of aromatic amines is 2. The highest BCUT2D eigenvalue weighted by Gasteiger charge is 2.21. The molecule has 0 bridgehead atoms. The SMILES string of the molecule is CN1CCN(c2cncc3[nH]c(-c4n[nH]c5cnc(-c6cncc(OC7CCCCC7)c6)cc45)nc23)CC1. The van der Waals surface area contributed by atoms with Gasteiger partial charge in [-0.05, 0) is 44.9 Å². The maximum absolute atomic E-state index is 6.25. The third-order valence-electron chi connectivity index (χ3n) is 7.75. The predicted molar refractivity (Wildman–Crippen MR) is 147 cm³/mol. The summed E-state index contributed by atoms with van der Waals surface area (Å²) in [5.74, 6) is 1.50. The number of anilines is 1. The number of aromatic nitrogens is 7. The van der Waals surface area contributed by atoms with E-state index < -0.39 is 0 Å². The van der Waals surface area contributed by atoms with Gasteiger partial charge < -0.3 is 19.5 Å². The number of likely N-dealkylation sites (N-methyl/N-ethyl adjacent to an activating group) is 1. The Kier molecular flexibility index (Phi) is 5.88. The van der Waals surface area contributed by atoms with Crippen LogP contribution < -0.4 is 9.64 Å². The van der Waals surface area contributed by atoms with E-state index in [1.54, 1.807) is 6.20 Å². The van der Waals surface area contributed by atoms with Crippen molar-refractivity contribution >= 4 is 27.6 Å². The number of nitrogens with one attached hydrogen (secondary N) is 2. The van der Waals surface area contributed by atoms with E-state index >= 15 is 0 Å². The number of fused-ring (bicyclic) bond motifs is 2. The second-order valence-electron chi connectivity index (χ2n) is 10.4. The summed E-state index contributed by atoms with van der Waals surface area (Å²) in [6.45, 7) is 3.96. The molecule has 5 aromatic rings. The van der Waals surface area contributed by atoms with Gasteiger partial charge in [-0.1, -0.05) is 6.42 Å². The molecule has 0 radical (unpaired) electrons. The van der Waals surface area contributed by atoms with Crippen LogP contribution in [0.1, 0.15) is 32.1 Å². The lowest BCUT2D eigenvalue weighted by Gasteiger charge is -2.33. The fourth-order valence-corrected chi connectivity index (χ4v) is 5.56. The lowest BCUT2D eigenvalue weighted by molar-refractivity contribution is 0.154. The average molecular weight is 510 g/mol. The zero-order chi connectivity index (χ0) is 25.5. The van der Waals surface area contributed by atoms with E-state index in [0.29, 0.717) is 5.82 Å². The van der Waals surface area contributed by atoms with Crippen LogP contribution in [0.15, 0.2) is 43.1 Å². The summed E-state index contributed by atoms with van der Waals surface area (Å²) in [6, 6.07) is 4.08. The van der Waals surface area contributed by atoms with Gasteiger partial charge in [0.2, 0.25) is 0 Å². The first-order chi connectivity index (χ1) is 18.7. The number of piperazine rings is 1. The summed E-state index contributed by atoms with van der Waals surface area (Å²) in [6.07, 6.45) is 15.4. The van der Waals surface area contributed by atoms with Gasteiger partial charge in [-0.2, -0.15) is 5.10 Å². The summed E-state index contributed by atoms with van der Waals surface area (Å²) < 4.78 is 6.25. The Bertz CT molecular complexity index is 1580. The normalized spacial score (nSPS) is 17.4. The third kappa shape index (κ3) is 4.34. The Morgan fingerprint density at radius 3 is 2.61 bits per heavy atom. The Hall–Kier alpha value is -4.05. The molecule has 38 heavy (non-hydrogen) atoms. The van der Waals surface area contributed by atoms with Crippen molar-refractivity contribution in [1.29, 1.82) is 0 Å². The smallest absolute Gasteiger partial charge is 0.159 e. The van der Waals surface area contributed by atoms with E-state index in [0.717, 1.165) is 89.3 Å². The van der Waals surface area contributed by atoms with Gasteiger partial charge in [-0.15, -0.1) is 0 Å². The fourth-order valence-electron chi connectivity index (χ4n) is 5.56. The number of ether oxygens (including phenoxy) is 1. The van der Waals surface area contributed by atoms with Gasteiger partial charge >= 0.3 is 0 Å². The summed E-state index contributed by atoms with van der Waals surface area (Å²) in [5, 5.41) is 8.66. The van der Waals surface area contributed by atoms with E-state index in [4.69, 9.17) is 9.72 Å². The molecule has 0 spiro atoms. The highest BCUT2D eigenvalue weighted by molar-refractivity contribution is 5.96. The van der Waals surface area contributed by atoms with Crippen LogP contribution in [0.3, 0.4) is 0 Å². The minimum atomic E-state index is 0.273. The quantitative estimate of drug-likeness (QED) is 0.358. The number of H-pyrrole nitrogens is 2. The second kappa shape index (κ2) is 9.68. The molecule has 7 rings (SSSR count). The molecular weight excluding hydrogens is 478 g/mol. The van der Waals surface area contributed by atoms with E-state index in [1.807, 2.05) is 36.9 Å². The van der Waals surface area contributed by atoms with Crippen molar-refractivity contribution in [1.82, 2.24) is 40.0 Å². The summed E-state index contributed by atoms with van der Waals surface area (Å²) in [5.41, 5.74) is 6.22. The van der Waals surface area contributed by atoms with Gasteiger partial charge in [0, 0.05) is 43.3 Å². The molecule has 1 aliphatic carbocycles. The maximum Gasteiger partial charge on any atom is 0.159 e.